The summed E-state index contributed by atoms with van der Waals surface area (Å²) in [6.07, 6.45) is 0.207. The third kappa shape index (κ3) is 4.48. The average Bonchev–Trinajstić information content (AvgIpc) is 2.53. The molecule has 2 rings (SSSR count). The van der Waals surface area contributed by atoms with Gasteiger partial charge >= 0.3 is 0 Å². The second-order valence-electron chi connectivity index (χ2n) is 4.85. The van der Waals surface area contributed by atoms with Crippen molar-refractivity contribution in [1.82, 2.24) is 0 Å². The topological polar surface area (TPSA) is 18.5 Å². The molecule has 0 N–H and O–H groups in total. The molecule has 2 atom stereocenters. The Balaban J connectivity index is 1.69. The van der Waals surface area contributed by atoms with Crippen molar-refractivity contribution in [3.05, 3.63) is 71.8 Å². The molecule has 2 aromatic rings. The Kier molecular flexibility index (Phi) is 5.78. The number of benzene rings is 2. The highest BCUT2D eigenvalue weighted by molar-refractivity contribution is 5.17. The molecule has 0 saturated heterocycles. The van der Waals surface area contributed by atoms with E-state index in [9.17, 15) is 0 Å². The summed E-state index contributed by atoms with van der Waals surface area (Å²) >= 11 is 0. The molecule has 0 aliphatic heterocycles. The molecule has 2 unspecified atom stereocenters. The van der Waals surface area contributed by atoms with Gasteiger partial charge in [-0.15, -0.1) is 0 Å². The molecule has 0 heterocycles. The summed E-state index contributed by atoms with van der Waals surface area (Å²) in [5, 5.41) is 0. The molecular formula is C18H22O2. The maximum absolute atomic E-state index is 5.79. The van der Waals surface area contributed by atoms with E-state index >= 15 is 0 Å². The zero-order valence-corrected chi connectivity index (χ0v) is 12.2. The van der Waals surface area contributed by atoms with Crippen LogP contribution in [0, 0.1) is 0 Å². The van der Waals surface area contributed by atoms with E-state index in [-0.39, 0.29) is 12.2 Å². The third-order valence-corrected chi connectivity index (χ3v) is 3.36. The minimum Gasteiger partial charge on any atom is -0.371 e. The quantitative estimate of drug-likeness (QED) is 0.688. The van der Waals surface area contributed by atoms with Crippen LogP contribution in [0.15, 0.2) is 60.7 Å². The highest BCUT2D eigenvalue weighted by Crippen LogP contribution is 2.17. The van der Waals surface area contributed by atoms with Crippen LogP contribution >= 0.6 is 0 Å². The van der Waals surface area contributed by atoms with Gasteiger partial charge in [-0.1, -0.05) is 60.7 Å². The van der Waals surface area contributed by atoms with Crippen LogP contribution in [0.4, 0.5) is 0 Å². The van der Waals surface area contributed by atoms with Crippen molar-refractivity contribution in [3.8, 4) is 0 Å². The first-order valence-electron chi connectivity index (χ1n) is 7.10. The van der Waals surface area contributed by atoms with Gasteiger partial charge in [-0.05, 0) is 25.0 Å². The molecular weight excluding hydrogens is 248 g/mol. The minimum atomic E-state index is 0.104. The van der Waals surface area contributed by atoms with Gasteiger partial charge in [-0.25, -0.2) is 0 Å². The van der Waals surface area contributed by atoms with Gasteiger partial charge in [0.2, 0.25) is 0 Å². The van der Waals surface area contributed by atoms with Crippen molar-refractivity contribution >= 4 is 0 Å². The van der Waals surface area contributed by atoms with Crippen LogP contribution in [0.5, 0.6) is 0 Å². The largest absolute Gasteiger partial charge is 0.371 e. The molecule has 0 aliphatic carbocycles. The molecule has 2 aromatic carbocycles. The average molecular weight is 270 g/mol. The fraction of sp³-hybridized carbons (Fsp3) is 0.333. The normalized spacial score (nSPS) is 13.9. The van der Waals surface area contributed by atoms with Crippen LogP contribution in [0.1, 0.15) is 37.2 Å². The van der Waals surface area contributed by atoms with Crippen LogP contribution in [0.3, 0.4) is 0 Å². The lowest BCUT2D eigenvalue weighted by Gasteiger charge is -2.16. The summed E-state index contributed by atoms with van der Waals surface area (Å²) < 4.78 is 11.6. The number of ether oxygens (including phenoxy) is 2. The van der Waals surface area contributed by atoms with Crippen molar-refractivity contribution in [3.63, 3.8) is 0 Å². The van der Waals surface area contributed by atoms with E-state index in [1.54, 1.807) is 0 Å². The number of hydrogen-bond donors (Lipinski definition) is 0. The standard InChI is InChI=1S/C18H22O2/c1-15(17-9-5-3-6-10-17)19-13-14-20-16(2)18-11-7-4-8-12-18/h3-12,15-16H,13-14H2,1-2H3. The SMILES string of the molecule is CC(OCCOC(C)c1ccccc1)c1ccccc1. The Hall–Kier alpha value is -1.64. The van der Waals surface area contributed by atoms with Gasteiger partial charge in [0, 0.05) is 0 Å². The molecule has 0 amide bonds. The van der Waals surface area contributed by atoms with Gasteiger partial charge in [0.1, 0.15) is 0 Å². The van der Waals surface area contributed by atoms with Gasteiger partial charge in [0.15, 0.2) is 0 Å². The van der Waals surface area contributed by atoms with Gasteiger partial charge in [-0.3, -0.25) is 0 Å². The Morgan fingerprint density at radius 1 is 0.650 bits per heavy atom. The van der Waals surface area contributed by atoms with E-state index in [1.807, 2.05) is 36.4 Å². The second-order valence-corrected chi connectivity index (χ2v) is 4.85. The first-order chi connectivity index (χ1) is 9.77. The van der Waals surface area contributed by atoms with Crippen LogP contribution in [-0.4, -0.2) is 13.2 Å². The van der Waals surface area contributed by atoms with Gasteiger partial charge in [0.25, 0.3) is 0 Å². The van der Waals surface area contributed by atoms with Crippen molar-refractivity contribution < 1.29 is 9.47 Å². The van der Waals surface area contributed by atoms with Crippen LogP contribution in [0.2, 0.25) is 0 Å². The van der Waals surface area contributed by atoms with Gasteiger partial charge in [-0.2, -0.15) is 0 Å². The molecule has 0 aromatic heterocycles. The van der Waals surface area contributed by atoms with E-state index < -0.39 is 0 Å². The molecule has 0 aliphatic rings. The summed E-state index contributed by atoms with van der Waals surface area (Å²) in [5.41, 5.74) is 2.40. The Bertz CT molecular complexity index is 434. The van der Waals surface area contributed by atoms with E-state index in [0.717, 1.165) is 0 Å². The first kappa shape index (κ1) is 14.8. The highest BCUT2D eigenvalue weighted by Gasteiger charge is 2.07. The lowest BCUT2D eigenvalue weighted by Crippen LogP contribution is -2.09. The summed E-state index contributed by atoms with van der Waals surface area (Å²) in [7, 11) is 0. The molecule has 106 valence electrons. The lowest BCUT2D eigenvalue weighted by atomic mass is 10.1. The molecule has 0 spiro atoms. The summed E-state index contributed by atoms with van der Waals surface area (Å²) in [4.78, 5) is 0. The molecule has 2 heteroatoms. The molecule has 0 bridgehead atoms. The predicted molar refractivity (Wildman–Crippen MR) is 81.6 cm³/mol. The molecule has 2 nitrogen and oxygen atoms in total. The van der Waals surface area contributed by atoms with Crippen molar-refractivity contribution in [2.45, 2.75) is 26.1 Å². The van der Waals surface area contributed by atoms with Crippen molar-refractivity contribution in [2.24, 2.45) is 0 Å². The maximum atomic E-state index is 5.79. The third-order valence-electron chi connectivity index (χ3n) is 3.36. The Labute approximate surface area is 121 Å². The lowest BCUT2D eigenvalue weighted by molar-refractivity contribution is -0.0132. The second kappa shape index (κ2) is 7.83. The summed E-state index contributed by atoms with van der Waals surface area (Å²) in [5.74, 6) is 0. The zero-order valence-electron chi connectivity index (χ0n) is 12.2. The summed E-state index contributed by atoms with van der Waals surface area (Å²) in [6.45, 7) is 5.34. The van der Waals surface area contributed by atoms with Crippen LogP contribution in [-0.2, 0) is 9.47 Å². The Morgan fingerprint density at radius 2 is 1.00 bits per heavy atom. The molecule has 0 saturated carbocycles. The monoisotopic (exact) mass is 270 g/mol. The van der Waals surface area contributed by atoms with Crippen molar-refractivity contribution in [2.75, 3.05) is 13.2 Å². The van der Waals surface area contributed by atoms with Gasteiger partial charge in [0.05, 0.1) is 25.4 Å². The van der Waals surface area contributed by atoms with Crippen LogP contribution < -0.4 is 0 Å². The fourth-order valence-electron chi connectivity index (χ4n) is 2.09. The number of hydrogen-bond acceptors (Lipinski definition) is 2. The predicted octanol–water partition coefficient (Wildman–Crippen LogP) is 4.54. The molecule has 0 radical (unpaired) electrons. The minimum absolute atomic E-state index is 0.104. The smallest absolute Gasteiger partial charge is 0.0797 e. The van der Waals surface area contributed by atoms with Gasteiger partial charge < -0.3 is 9.47 Å². The molecule has 0 fully saturated rings. The van der Waals surface area contributed by atoms with Crippen molar-refractivity contribution in [1.29, 1.82) is 0 Å². The number of rotatable bonds is 7. The van der Waals surface area contributed by atoms with E-state index in [1.165, 1.54) is 11.1 Å². The summed E-state index contributed by atoms with van der Waals surface area (Å²) in [6, 6.07) is 20.5. The zero-order chi connectivity index (χ0) is 14.2. The van der Waals surface area contributed by atoms with E-state index in [2.05, 4.69) is 38.1 Å². The molecule has 20 heavy (non-hydrogen) atoms. The van der Waals surface area contributed by atoms with Crippen LogP contribution in [0.25, 0.3) is 0 Å². The van der Waals surface area contributed by atoms with E-state index in [4.69, 9.17) is 9.47 Å². The highest BCUT2D eigenvalue weighted by atomic mass is 16.5. The fourth-order valence-corrected chi connectivity index (χ4v) is 2.09. The first-order valence-corrected chi connectivity index (χ1v) is 7.10. The Morgan fingerprint density at radius 3 is 1.35 bits per heavy atom. The van der Waals surface area contributed by atoms with E-state index in [0.29, 0.717) is 13.2 Å². The maximum Gasteiger partial charge on any atom is 0.0797 e.